The number of likely N-dealkylation sites (tertiary alicyclic amines) is 1. The van der Waals surface area contributed by atoms with Crippen molar-refractivity contribution < 1.29 is 9.59 Å². The van der Waals surface area contributed by atoms with Crippen molar-refractivity contribution in [1.29, 1.82) is 5.26 Å². The molecule has 0 unspecified atom stereocenters. The Morgan fingerprint density at radius 3 is 2.60 bits per heavy atom. The summed E-state index contributed by atoms with van der Waals surface area (Å²) in [4.78, 5) is 23.9. The van der Waals surface area contributed by atoms with Crippen LogP contribution in [0.1, 0.15) is 26.2 Å². The summed E-state index contributed by atoms with van der Waals surface area (Å²) in [7, 11) is 0. The van der Waals surface area contributed by atoms with Crippen molar-refractivity contribution in [2.45, 2.75) is 26.2 Å². The van der Waals surface area contributed by atoms with E-state index in [1.165, 1.54) is 6.20 Å². The van der Waals surface area contributed by atoms with Crippen LogP contribution in [-0.2, 0) is 9.59 Å². The van der Waals surface area contributed by atoms with Crippen LogP contribution in [0.2, 0.25) is 0 Å². The minimum Gasteiger partial charge on any atom is -0.390 e. The fourth-order valence-electron chi connectivity index (χ4n) is 2.05. The number of nitriles is 1. The van der Waals surface area contributed by atoms with E-state index >= 15 is 0 Å². The minimum atomic E-state index is -0.196. The van der Waals surface area contributed by atoms with Crippen LogP contribution in [0, 0.1) is 17.2 Å². The van der Waals surface area contributed by atoms with Gasteiger partial charge in [-0.2, -0.15) is 5.26 Å². The monoisotopic (exact) mass is 278 g/mol. The van der Waals surface area contributed by atoms with Crippen molar-refractivity contribution in [1.82, 2.24) is 15.5 Å². The van der Waals surface area contributed by atoms with E-state index < -0.39 is 0 Å². The number of rotatable bonds is 7. The van der Waals surface area contributed by atoms with E-state index in [0.29, 0.717) is 25.4 Å². The van der Waals surface area contributed by atoms with Crippen LogP contribution in [0.25, 0.3) is 0 Å². The molecule has 1 rings (SSSR count). The van der Waals surface area contributed by atoms with E-state index in [4.69, 9.17) is 5.26 Å². The Morgan fingerprint density at radius 1 is 1.35 bits per heavy atom. The lowest BCUT2D eigenvalue weighted by Gasteiger charge is -2.30. The first kappa shape index (κ1) is 16.0. The van der Waals surface area contributed by atoms with Gasteiger partial charge in [0, 0.05) is 32.4 Å². The molecule has 0 spiro atoms. The van der Waals surface area contributed by atoms with Gasteiger partial charge in [-0.1, -0.05) is 6.92 Å². The average Bonchev–Trinajstić information content (AvgIpc) is 2.47. The molecule has 20 heavy (non-hydrogen) atoms. The number of nitrogens with one attached hydrogen (secondary N) is 2. The van der Waals surface area contributed by atoms with Gasteiger partial charge in [0.25, 0.3) is 5.91 Å². The maximum absolute atomic E-state index is 12.1. The number of piperidine rings is 1. The zero-order valence-corrected chi connectivity index (χ0v) is 11.9. The molecule has 2 amide bonds. The predicted octanol–water partition coefficient (Wildman–Crippen LogP) is 0.378. The lowest BCUT2D eigenvalue weighted by Crippen LogP contribution is -2.38. The zero-order valence-electron chi connectivity index (χ0n) is 11.9. The highest BCUT2D eigenvalue weighted by atomic mass is 16.2. The van der Waals surface area contributed by atoms with Gasteiger partial charge in [0.1, 0.15) is 11.6 Å². The van der Waals surface area contributed by atoms with Crippen LogP contribution in [0.5, 0.6) is 0 Å². The van der Waals surface area contributed by atoms with Gasteiger partial charge in [0.05, 0.1) is 0 Å². The van der Waals surface area contributed by atoms with Crippen molar-refractivity contribution in [2.24, 2.45) is 5.92 Å². The highest BCUT2D eigenvalue weighted by Crippen LogP contribution is 2.17. The molecule has 0 aromatic rings. The first-order valence-electron chi connectivity index (χ1n) is 6.99. The molecule has 0 aromatic heterocycles. The Kier molecular flexibility index (Phi) is 7.18. The minimum absolute atomic E-state index is 0.142. The molecule has 0 aliphatic carbocycles. The molecule has 1 saturated heterocycles. The largest absolute Gasteiger partial charge is 0.390 e. The van der Waals surface area contributed by atoms with Crippen LogP contribution in [0.3, 0.4) is 0 Å². The summed E-state index contributed by atoms with van der Waals surface area (Å²) in [5.74, 6) is 0.454. The van der Waals surface area contributed by atoms with Crippen molar-refractivity contribution in [3.05, 3.63) is 11.8 Å². The second-order valence-corrected chi connectivity index (χ2v) is 5.02. The van der Waals surface area contributed by atoms with Crippen molar-refractivity contribution in [3.63, 3.8) is 0 Å². The maximum Gasteiger partial charge on any atom is 0.265 e. The average molecular weight is 278 g/mol. The van der Waals surface area contributed by atoms with Gasteiger partial charge in [-0.25, -0.2) is 0 Å². The number of carbonyl (C=O) groups excluding carboxylic acids is 2. The standard InChI is InChI=1S/C14H22N4O2/c1-12-3-7-18(8-4-12)14(20)13(9-15)10-16-5-2-6-17-11-19/h10-12,16H,2-8H2,1H3,(H,17,19)/b13-10-. The van der Waals surface area contributed by atoms with Crippen molar-refractivity contribution in [2.75, 3.05) is 26.2 Å². The fourth-order valence-corrected chi connectivity index (χ4v) is 2.05. The molecule has 0 atom stereocenters. The zero-order chi connectivity index (χ0) is 14.8. The molecule has 6 nitrogen and oxygen atoms in total. The SMILES string of the molecule is CC1CCN(C(=O)/C(C#N)=C\NCCCNC=O)CC1. The summed E-state index contributed by atoms with van der Waals surface area (Å²) in [6, 6.07) is 1.95. The Hall–Kier alpha value is -2.03. The van der Waals surface area contributed by atoms with Gasteiger partial charge in [-0.3, -0.25) is 9.59 Å². The third-order valence-electron chi connectivity index (χ3n) is 3.39. The van der Waals surface area contributed by atoms with Gasteiger partial charge in [0.2, 0.25) is 6.41 Å². The Bertz CT molecular complexity index is 392. The molecule has 0 saturated carbocycles. The van der Waals surface area contributed by atoms with Gasteiger partial charge in [-0.05, 0) is 25.2 Å². The first-order chi connectivity index (χ1) is 9.69. The Balaban J connectivity index is 2.38. The van der Waals surface area contributed by atoms with Crippen molar-refractivity contribution in [3.8, 4) is 6.07 Å². The number of amides is 2. The third-order valence-corrected chi connectivity index (χ3v) is 3.39. The summed E-state index contributed by atoms with van der Waals surface area (Å²) in [5, 5.41) is 14.5. The summed E-state index contributed by atoms with van der Waals surface area (Å²) >= 11 is 0. The summed E-state index contributed by atoms with van der Waals surface area (Å²) in [6.07, 6.45) is 4.85. The number of hydrogen-bond donors (Lipinski definition) is 2. The first-order valence-corrected chi connectivity index (χ1v) is 6.99. The molecule has 0 bridgehead atoms. The summed E-state index contributed by atoms with van der Waals surface area (Å²) in [5.41, 5.74) is 0.142. The number of hydrogen-bond acceptors (Lipinski definition) is 4. The number of nitrogens with zero attached hydrogens (tertiary/aromatic N) is 2. The highest BCUT2D eigenvalue weighted by Gasteiger charge is 2.22. The molecular formula is C14H22N4O2. The van der Waals surface area contributed by atoms with E-state index in [2.05, 4.69) is 17.6 Å². The molecule has 1 heterocycles. The second kappa shape index (κ2) is 8.97. The molecule has 1 fully saturated rings. The molecule has 6 heteroatoms. The molecule has 1 aliphatic heterocycles. The van der Waals surface area contributed by atoms with E-state index in [0.717, 1.165) is 32.4 Å². The molecule has 0 aromatic carbocycles. The summed E-state index contributed by atoms with van der Waals surface area (Å²) in [6.45, 7) is 4.81. The molecule has 2 N–H and O–H groups in total. The van der Waals surface area contributed by atoms with Crippen LogP contribution >= 0.6 is 0 Å². The Morgan fingerprint density at radius 2 is 2.00 bits per heavy atom. The van der Waals surface area contributed by atoms with Crippen molar-refractivity contribution >= 4 is 12.3 Å². The van der Waals surface area contributed by atoms with Gasteiger partial charge < -0.3 is 15.5 Å². The van der Waals surface area contributed by atoms with Crippen LogP contribution in [-0.4, -0.2) is 43.4 Å². The molecule has 1 aliphatic rings. The maximum atomic E-state index is 12.1. The van der Waals surface area contributed by atoms with E-state index in [1.54, 1.807) is 4.90 Å². The second-order valence-electron chi connectivity index (χ2n) is 5.02. The summed E-state index contributed by atoms with van der Waals surface area (Å²) < 4.78 is 0. The van der Waals surface area contributed by atoms with Crippen LogP contribution in [0.4, 0.5) is 0 Å². The normalized spacial score (nSPS) is 16.4. The van der Waals surface area contributed by atoms with Gasteiger partial charge >= 0.3 is 0 Å². The van der Waals surface area contributed by atoms with Gasteiger partial charge in [-0.15, -0.1) is 0 Å². The quantitative estimate of drug-likeness (QED) is 0.305. The van der Waals surface area contributed by atoms with Gasteiger partial charge in [0.15, 0.2) is 0 Å². The number of carbonyl (C=O) groups is 2. The lowest BCUT2D eigenvalue weighted by atomic mass is 9.99. The van der Waals surface area contributed by atoms with E-state index in [1.807, 2.05) is 6.07 Å². The smallest absolute Gasteiger partial charge is 0.265 e. The molecule has 0 radical (unpaired) electrons. The van der Waals surface area contributed by atoms with Crippen LogP contribution < -0.4 is 10.6 Å². The van der Waals surface area contributed by atoms with E-state index in [-0.39, 0.29) is 11.5 Å². The topological polar surface area (TPSA) is 85.2 Å². The van der Waals surface area contributed by atoms with Crippen LogP contribution in [0.15, 0.2) is 11.8 Å². The third kappa shape index (κ3) is 5.31. The predicted molar refractivity (Wildman–Crippen MR) is 75.4 cm³/mol. The Labute approximate surface area is 119 Å². The molecular weight excluding hydrogens is 256 g/mol. The highest BCUT2D eigenvalue weighted by molar-refractivity contribution is 5.97. The molecule has 110 valence electrons. The van der Waals surface area contributed by atoms with E-state index in [9.17, 15) is 9.59 Å². The fraction of sp³-hybridized carbons (Fsp3) is 0.643. The lowest BCUT2D eigenvalue weighted by molar-refractivity contribution is -0.128.